The van der Waals surface area contributed by atoms with Crippen LogP contribution in [0.5, 0.6) is 0 Å². The van der Waals surface area contributed by atoms with Crippen LogP contribution in [0.1, 0.15) is 38.5 Å². The number of aromatic nitrogens is 3. The summed E-state index contributed by atoms with van der Waals surface area (Å²) in [6, 6.07) is 7.81. The average molecular weight is 493 g/mol. The van der Waals surface area contributed by atoms with Crippen LogP contribution in [0.25, 0.3) is 0 Å². The molecule has 1 aromatic carbocycles. The molecule has 4 saturated carbocycles. The Hall–Kier alpha value is -2.04. The molecule has 0 aliphatic heterocycles. The van der Waals surface area contributed by atoms with Gasteiger partial charge in [-0.05, 0) is 102 Å². The van der Waals surface area contributed by atoms with Crippen molar-refractivity contribution < 1.29 is 9.72 Å². The second-order valence-corrected chi connectivity index (χ2v) is 9.92. The predicted molar refractivity (Wildman–Crippen MR) is 110 cm³/mol. The number of rotatable bonds is 4. The molecule has 0 radical (unpaired) electrons. The number of nitrogens with zero attached hydrogens (tertiary/aromatic N) is 4. The summed E-state index contributed by atoms with van der Waals surface area (Å²) in [4.78, 5) is 27.7. The van der Waals surface area contributed by atoms with Crippen molar-refractivity contribution in [3.63, 3.8) is 0 Å². The minimum Gasteiger partial charge on any atom is -0.390 e. The second kappa shape index (κ2) is 6.23. The van der Waals surface area contributed by atoms with Gasteiger partial charge in [0.15, 0.2) is 0 Å². The van der Waals surface area contributed by atoms with Crippen molar-refractivity contribution in [1.82, 2.24) is 14.8 Å². The first-order chi connectivity index (χ1) is 13.4. The van der Waals surface area contributed by atoms with Crippen molar-refractivity contribution in [1.29, 1.82) is 0 Å². The molecule has 0 unspecified atom stereocenters. The molecule has 0 spiro atoms. The van der Waals surface area contributed by atoms with Crippen LogP contribution in [-0.2, 0) is 10.3 Å². The van der Waals surface area contributed by atoms with Gasteiger partial charge in [-0.1, -0.05) is 4.98 Å². The number of carbonyl (C=O) groups is 1. The van der Waals surface area contributed by atoms with Gasteiger partial charge in [0.05, 0.1) is 11.0 Å². The van der Waals surface area contributed by atoms with E-state index in [4.69, 9.17) is 0 Å². The summed E-state index contributed by atoms with van der Waals surface area (Å²) in [5.74, 6) is 0.605. The number of carbonyl (C=O) groups excluding carboxylic acids is 1. The minimum absolute atomic E-state index is 0.0711. The smallest absolute Gasteiger partial charge is 0.390 e. The molecule has 1 aromatic heterocycles. The van der Waals surface area contributed by atoms with Gasteiger partial charge in [-0.25, -0.2) is 0 Å². The van der Waals surface area contributed by atoms with E-state index >= 15 is 0 Å². The van der Waals surface area contributed by atoms with Gasteiger partial charge in [0.2, 0.25) is 12.2 Å². The zero-order chi connectivity index (χ0) is 19.5. The molecule has 4 fully saturated rings. The lowest BCUT2D eigenvalue weighted by Gasteiger charge is -2.60. The van der Waals surface area contributed by atoms with E-state index in [2.05, 4.69) is 38.0 Å². The SMILES string of the molecule is O=C(Nc1ccc(I)cc1)C12C[C@H]3C[C@H](C1)CC(n1cnc([N+](=O)[O-])n1)(C3)C2. The maximum atomic E-state index is 13.4. The van der Waals surface area contributed by atoms with Crippen molar-refractivity contribution in [3.05, 3.63) is 44.3 Å². The van der Waals surface area contributed by atoms with Crippen LogP contribution in [-0.4, -0.2) is 25.6 Å². The molecule has 8 nitrogen and oxygen atoms in total. The highest BCUT2D eigenvalue weighted by atomic mass is 127. The van der Waals surface area contributed by atoms with Crippen molar-refractivity contribution in [2.45, 2.75) is 44.1 Å². The molecule has 2 aromatic rings. The highest BCUT2D eigenvalue weighted by Crippen LogP contribution is 2.64. The largest absolute Gasteiger partial charge is 0.490 e. The summed E-state index contributed by atoms with van der Waals surface area (Å²) in [7, 11) is 0. The number of halogens is 1. The third-order valence-corrected chi connectivity index (χ3v) is 7.46. The lowest BCUT2D eigenvalue weighted by molar-refractivity contribution is -0.394. The van der Waals surface area contributed by atoms with Gasteiger partial charge < -0.3 is 15.4 Å². The third kappa shape index (κ3) is 2.82. The standard InChI is InChI=1S/C19H20IN5O3/c20-14-1-3-15(4-2-14)22-16(26)18-6-12-5-13(7-18)9-19(8-12,10-18)24-11-21-17(23-24)25(27)28/h1-4,11-13H,5-10H2,(H,22,26)/t12-,13-,18?,19?/m1/s1. The van der Waals surface area contributed by atoms with E-state index in [1.165, 1.54) is 6.33 Å². The van der Waals surface area contributed by atoms with Crippen LogP contribution in [0.15, 0.2) is 30.6 Å². The van der Waals surface area contributed by atoms with E-state index in [0.29, 0.717) is 18.3 Å². The summed E-state index contributed by atoms with van der Waals surface area (Å²) in [5.41, 5.74) is 0.0364. The van der Waals surface area contributed by atoms with E-state index < -0.39 is 10.3 Å². The molecule has 9 heteroatoms. The molecule has 1 heterocycles. The minimum atomic E-state index is -0.559. The summed E-state index contributed by atoms with van der Waals surface area (Å²) >= 11 is 2.24. The van der Waals surface area contributed by atoms with Crippen LogP contribution in [0.3, 0.4) is 0 Å². The van der Waals surface area contributed by atoms with Gasteiger partial charge in [-0.3, -0.25) is 4.79 Å². The van der Waals surface area contributed by atoms with Crippen molar-refractivity contribution in [3.8, 4) is 0 Å². The van der Waals surface area contributed by atoms with Crippen molar-refractivity contribution in [2.75, 3.05) is 5.32 Å². The van der Waals surface area contributed by atoms with E-state index in [1.54, 1.807) is 4.68 Å². The Labute approximate surface area is 175 Å². The third-order valence-electron chi connectivity index (χ3n) is 6.74. The Balaban J connectivity index is 1.46. The lowest BCUT2D eigenvalue weighted by Crippen LogP contribution is -2.60. The Morgan fingerprint density at radius 1 is 1.21 bits per heavy atom. The van der Waals surface area contributed by atoms with Gasteiger partial charge in [0.1, 0.15) is 0 Å². The van der Waals surface area contributed by atoms with Gasteiger partial charge in [-0.2, -0.15) is 4.68 Å². The molecule has 1 amide bonds. The summed E-state index contributed by atoms with van der Waals surface area (Å²) in [5, 5.41) is 18.3. The van der Waals surface area contributed by atoms with Crippen LogP contribution in [0, 0.1) is 30.9 Å². The van der Waals surface area contributed by atoms with E-state index in [-0.39, 0.29) is 17.4 Å². The van der Waals surface area contributed by atoms with E-state index in [1.807, 2.05) is 24.3 Å². The Bertz CT molecular complexity index is 943. The predicted octanol–water partition coefficient (Wildman–Crippen LogP) is 3.73. The highest BCUT2D eigenvalue weighted by Gasteiger charge is 2.62. The zero-order valence-electron chi connectivity index (χ0n) is 15.2. The normalized spacial score (nSPS) is 33.0. The molecule has 6 rings (SSSR count). The summed E-state index contributed by atoms with van der Waals surface area (Å²) in [6.07, 6.45) is 6.90. The Morgan fingerprint density at radius 3 is 2.50 bits per heavy atom. The van der Waals surface area contributed by atoms with Gasteiger partial charge in [-0.15, -0.1) is 0 Å². The fourth-order valence-corrected chi connectivity index (χ4v) is 6.47. The number of benzene rings is 1. The molecule has 4 aliphatic carbocycles. The number of nitrogens with one attached hydrogen (secondary N) is 1. The molecule has 0 saturated heterocycles. The van der Waals surface area contributed by atoms with Crippen LogP contribution in [0.4, 0.5) is 11.6 Å². The second-order valence-electron chi connectivity index (χ2n) is 8.67. The van der Waals surface area contributed by atoms with Gasteiger partial charge >= 0.3 is 5.95 Å². The van der Waals surface area contributed by atoms with E-state index in [0.717, 1.165) is 41.4 Å². The fourth-order valence-electron chi connectivity index (χ4n) is 6.11. The first kappa shape index (κ1) is 18.0. The first-order valence-corrected chi connectivity index (χ1v) is 10.6. The molecular weight excluding hydrogens is 473 g/mol. The first-order valence-electron chi connectivity index (χ1n) is 9.51. The van der Waals surface area contributed by atoms with Crippen LogP contribution < -0.4 is 5.32 Å². The van der Waals surface area contributed by atoms with Gasteiger partial charge in [0, 0.05) is 14.4 Å². The highest BCUT2D eigenvalue weighted by molar-refractivity contribution is 14.1. The van der Waals surface area contributed by atoms with Crippen LogP contribution >= 0.6 is 22.6 Å². The number of nitro groups is 1. The quantitative estimate of drug-likeness (QED) is 0.397. The average Bonchev–Trinajstić information content (AvgIpc) is 3.14. The number of amides is 1. The topological polar surface area (TPSA) is 103 Å². The molecule has 2 atom stereocenters. The van der Waals surface area contributed by atoms with Gasteiger partial charge in [0.25, 0.3) is 0 Å². The molecule has 1 N–H and O–H groups in total. The zero-order valence-corrected chi connectivity index (χ0v) is 17.3. The molecule has 4 bridgehead atoms. The monoisotopic (exact) mass is 493 g/mol. The number of hydrogen-bond acceptors (Lipinski definition) is 5. The molecule has 28 heavy (non-hydrogen) atoms. The van der Waals surface area contributed by atoms with E-state index in [9.17, 15) is 14.9 Å². The maximum absolute atomic E-state index is 13.4. The Kier molecular flexibility index (Phi) is 4.01. The van der Waals surface area contributed by atoms with Crippen molar-refractivity contribution >= 4 is 40.1 Å². The fraction of sp³-hybridized carbons (Fsp3) is 0.526. The van der Waals surface area contributed by atoms with Crippen molar-refractivity contribution in [2.24, 2.45) is 17.3 Å². The summed E-state index contributed by atoms with van der Waals surface area (Å²) in [6.45, 7) is 0. The lowest BCUT2D eigenvalue weighted by atomic mass is 9.46. The molecule has 4 aliphatic rings. The summed E-state index contributed by atoms with van der Waals surface area (Å²) < 4.78 is 2.81. The number of hydrogen-bond donors (Lipinski definition) is 1. The Morgan fingerprint density at radius 2 is 1.89 bits per heavy atom. The maximum Gasteiger partial charge on any atom is 0.490 e. The molecule has 146 valence electrons. The van der Waals surface area contributed by atoms with Crippen LogP contribution in [0.2, 0.25) is 0 Å². The molecular formula is C19H20IN5O3. The number of anilines is 1.